The lowest BCUT2D eigenvalue weighted by Crippen LogP contribution is -2.61. The van der Waals surface area contributed by atoms with E-state index in [2.05, 4.69) is 26.2 Å². The molecule has 4 aromatic carbocycles. The van der Waals surface area contributed by atoms with Crippen molar-refractivity contribution in [1.29, 1.82) is 0 Å². The number of benzene rings is 4. The van der Waals surface area contributed by atoms with Gasteiger partial charge in [0.1, 0.15) is 6.33 Å². The second-order valence-electron chi connectivity index (χ2n) is 13.8. The van der Waals surface area contributed by atoms with E-state index in [0.29, 0.717) is 34.1 Å². The standard InChI is InChI=1S/C38H36N8O4/c1-4-30(40-19(2)45-35(47)25-14-11-21-7-5-8-22-12-15-26(36(45)48)33(25)31(21)22)41-20(3)46-37(49)27-16-13-23-9-6-10-24-29(44-18-39-42-43-44)17-28(38(46)50)34(27)32(23)24/h11-20,30,40-41H,4-10H2,1-3H3. The van der Waals surface area contributed by atoms with Crippen LogP contribution in [0.3, 0.4) is 0 Å². The van der Waals surface area contributed by atoms with E-state index in [9.17, 15) is 19.2 Å². The molecule has 2 aliphatic heterocycles. The van der Waals surface area contributed by atoms with Gasteiger partial charge in [-0.05, 0) is 127 Å². The minimum Gasteiger partial charge on any atom is -0.282 e. The number of rotatable bonds is 8. The van der Waals surface area contributed by atoms with E-state index < -0.39 is 24.4 Å². The highest BCUT2D eigenvalue weighted by Gasteiger charge is 2.41. The summed E-state index contributed by atoms with van der Waals surface area (Å²) in [6, 6.07) is 13.4. The van der Waals surface area contributed by atoms with Gasteiger partial charge in [0.05, 0.1) is 29.7 Å². The lowest BCUT2D eigenvalue weighted by atomic mass is 9.82. The fourth-order valence-electron chi connectivity index (χ4n) is 8.74. The predicted molar refractivity (Wildman–Crippen MR) is 185 cm³/mol. The molecule has 12 nitrogen and oxygen atoms in total. The normalized spacial score (nSPS) is 18.3. The lowest BCUT2D eigenvalue weighted by Gasteiger charge is -2.38. The Morgan fingerprint density at radius 2 is 1.16 bits per heavy atom. The Hall–Kier alpha value is -5.33. The fourth-order valence-corrected chi connectivity index (χ4v) is 8.74. The van der Waals surface area contributed by atoms with Crippen LogP contribution in [-0.4, -0.2) is 72.1 Å². The molecule has 2 aliphatic carbocycles. The predicted octanol–water partition coefficient (Wildman–Crippen LogP) is 4.45. The van der Waals surface area contributed by atoms with Crippen molar-refractivity contribution in [1.82, 2.24) is 40.6 Å². The minimum atomic E-state index is -0.726. The van der Waals surface area contributed by atoms with Crippen LogP contribution in [0.15, 0.2) is 48.8 Å². The van der Waals surface area contributed by atoms with Gasteiger partial charge in [-0.15, -0.1) is 5.10 Å². The summed E-state index contributed by atoms with van der Waals surface area (Å²) in [4.78, 5) is 58.8. The molecule has 0 saturated carbocycles. The molecular weight excluding hydrogens is 632 g/mol. The Morgan fingerprint density at radius 1 is 0.660 bits per heavy atom. The molecule has 4 aliphatic rings. The molecule has 4 amide bonds. The maximum Gasteiger partial charge on any atom is 0.262 e. The van der Waals surface area contributed by atoms with Gasteiger partial charge in [0.25, 0.3) is 23.6 Å². The topological polar surface area (TPSA) is 142 Å². The summed E-state index contributed by atoms with van der Waals surface area (Å²) in [7, 11) is 0. The zero-order valence-electron chi connectivity index (χ0n) is 28.1. The third-order valence-electron chi connectivity index (χ3n) is 11.0. The largest absolute Gasteiger partial charge is 0.282 e. The molecule has 0 radical (unpaired) electrons. The van der Waals surface area contributed by atoms with E-state index in [0.717, 1.165) is 71.5 Å². The Labute approximate surface area is 287 Å². The summed E-state index contributed by atoms with van der Waals surface area (Å²) in [5.74, 6) is -1.46. The van der Waals surface area contributed by atoms with Crippen molar-refractivity contribution in [3.63, 3.8) is 0 Å². The molecule has 5 aromatic rings. The van der Waals surface area contributed by atoms with Gasteiger partial charge in [0, 0.05) is 27.5 Å². The molecule has 2 N–H and O–H groups in total. The number of hydrogen-bond acceptors (Lipinski definition) is 9. The number of tetrazole rings is 1. The number of carbonyl (C=O) groups is 4. The highest BCUT2D eigenvalue weighted by molar-refractivity contribution is 6.27. The number of aromatic nitrogens is 4. The van der Waals surface area contributed by atoms with E-state index in [1.165, 1.54) is 27.3 Å². The first-order valence-electron chi connectivity index (χ1n) is 17.5. The Morgan fingerprint density at radius 3 is 1.68 bits per heavy atom. The van der Waals surface area contributed by atoms with Gasteiger partial charge in [-0.3, -0.25) is 39.6 Å². The third-order valence-corrected chi connectivity index (χ3v) is 11.0. The summed E-state index contributed by atoms with van der Waals surface area (Å²) >= 11 is 0. The quantitative estimate of drug-likeness (QED) is 0.181. The number of imide groups is 2. The molecule has 9 rings (SSSR count). The van der Waals surface area contributed by atoms with E-state index in [1.807, 2.05) is 43.3 Å². The van der Waals surface area contributed by atoms with Crippen LogP contribution >= 0.6 is 0 Å². The minimum absolute atomic E-state index is 0.337. The van der Waals surface area contributed by atoms with Gasteiger partial charge >= 0.3 is 0 Å². The van der Waals surface area contributed by atoms with Crippen LogP contribution < -0.4 is 10.6 Å². The van der Waals surface area contributed by atoms with E-state index in [1.54, 1.807) is 24.6 Å². The third kappa shape index (κ3) is 4.34. The zero-order chi connectivity index (χ0) is 34.4. The smallest absolute Gasteiger partial charge is 0.262 e. The SMILES string of the molecule is CCC(NC(C)N1C(=O)c2ccc3c4c(ccc(c24)C1=O)CCC3)NC(C)N1C(=O)c2ccc3c4c(c(-n5cnnn5)cc(c24)C1=O)CCC3. The van der Waals surface area contributed by atoms with Crippen LogP contribution in [0.4, 0.5) is 0 Å². The number of hydrogen-bond donors (Lipinski definition) is 2. The molecule has 3 heterocycles. The van der Waals surface area contributed by atoms with E-state index in [4.69, 9.17) is 0 Å². The van der Waals surface area contributed by atoms with Crippen molar-refractivity contribution in [2.45, 2.75) is 84.2 Å². The summed E-state index contributed by atoms with van der Waals surface area (Å²) in [6.07, 6.45) is 5.73. The molecule has 0 spiro atoms. The Kier molecular flexibility index (Phi) is 6.98. The summed E-state index contributed by atoms with van der Waals surface area (Å²) in [6.45, 7) is 5.51. The molecular formula is C38H36N8O4. The second-order valence-corrected chi connectivity index (χ2v) is 13.8. The maximum atomic E-state index is 14.3. The number of amides is 4. The van der Waals surface area contributed by atoms with Crippen LogP contribution in [0.5, 0.6) is 0 Å². The number of nitrogens with one attached hydrogen (secondary N) is 2. The molecule has 0 bridgehead atoms. The van der Waals surface area contributed by atoms with Gasteiger partial charge in [0.15, 0.2) is 0 Å². The van der Waals surface area contributed by atoms with Crippen LogP contribution in [0.1, 0.15) is 104 Å². The van der Waals surface area contributed by atoms with Crippen LogP contribution in [0.2, 0.25) is 0 Å². The molecule has 12 heteroatoms. The van der Waals surface area contributed by atoms with Gasteiger partial charge in [0.2, 0.25) is 0 Å². The number of carbonyl (C=O) groups excluding carboxylic acids is 4. The Bertz CT molecular complexity index is 2260. The monoisotopic (exact) mass is 668 g/mol. The van der Waals surface area contributed by atoms with Crippen LogP contribution in [-0.2, 0) is 25.7 Å². The first-order chi connectivity index (χ1) is 24.3. The maximum absolute atomic E-state index is 14.3. The first-order valence-corrected chi connectivity index (χ1v) is 17.5. The molecule has 3 unspecified atom stereocenters. The highest BCUT2D eigenvalue weighted by atomic mass is 16.2. The Balaban J connectivity index is 0.997. The summed E-state index contributed by atoms with van der Waals surface area (Å²) in [5.41, 5.74) is 7.24. The second kappa shape index (κ2) is 11.4. The molecule has 0 saturated heterocycles. The van der Waals surface area contributed by atoms with E-state index in [-0.39, 0.29) is 17.7 Å². The lowest BCUT2D eigenvalue weighted by molar-refractivity contribution is 0.0472. The molecule has 50 heavy (non-hydrogen) atoms. The van der Waals surface area contributed by atoms with Crippen LogP contribution in [0.25, 0.3) is 27.2 Å². The number of nitrogens with zero attached hydrogens (tertiary/aromatic N) is 6. The molecule has 3 atom stereocenters. The fraction of sp³-hybridized carbons (Fsp3) is 0.342. The van der Waals surface area contributed by atoms with Crippen molar-refractivity contribution in [3.8, 4) is 5.69 Å². The summed E-state index contributed by atoms with van der Waals surface area (Å²) in [5, 5.41) is 22.0. The van der Waals surface area contributed by atoms with Gasteiger partial charge in [-0.25, -0.2) is 4.68 Å². The molecule has 252 valence electrons. The van der Waals surface area contributed by atoms with Gasteiger partial charge < -0.3 is 0 Å². The van der Waals surface area contributed by atoms with Crippen molar-refractivity contribution < 1.29 is 19.2 Å². The number of aryl methyl sites for hydroxylation is 4. The zero-order valence-corrected chi connectivity index (χ0v) is 28.1. The first kappa shape index (κ1) is 30.7. The molecule has 0 fully saturated rings. The highest BCUT2D eigenvalue weighted by Crippen LogP contribution is 2.41. The van der Waals surface area contributed by atoms with Gasteiger partial charge in [-0.2, -0.15) is 0 Å². The van der Waals surface area contributed by atoms with Crippen molar-refractivity contribution in [3.05, 3.63) is 93.3 Å². The average Bonchev–Trinajstić information content (AvgIpc) is 3.66. The molecule has 1 aromatic heterocycles. The van der Waals surface area contributed by atoms with Crippen molar-refractivity contribution in [2.75, 3.05) is 0 Å². The summed E-state index contributed by atoms with van der Waals surface area (Å²) < 4.78 is 1.58. The van der Waals surface area contributed by atoms with Gasteiger partial charge in [-0.1, -0.05) is 25.1 Å². The van der Waals surface area contributed by atoms with Crippen molar-refractivity contribution >= 4 is 45.2 Å². The average molecular weight is 669 g/mol. The van der Waals surface area contributed by atoms with E-state index >= 15 is 0 Å². The van der Waals surface area contributed by atoms with Crippen LogP contribution in [0, 0.1) is 0 Å². The van der Waals surface area contributed by atoms with Crippen molar-refractivity contribution in [2.24, 2.45) is 0 Å².